The van der Waals surface area contributed by atoms with Crippen molar-refractivity contribution in [2.24, 2.45) is 5.92 Å². The Hall–Kier alpha value is -1.55. The van der Waals surface area contributed by atoms with Crippen molar-refractivity contribution in [2.45, 2.75) is 25.7 Å². The molecule has 0 radical (unpaired) electrons. The molecule has 0 bridgehead atoms. The smallest absolute Gasteiger partial charge is 0.161 e. The fourth-order valence-corrected chi connectivity index (χ4v) is 2.71. The number of carbonyl (C=O) groups excluding carboxylic acids is 1. The number of ketones is 1. The third kappa shape index (κ3) is 2.96. The van der Waals surface area contributed by atoms with Gasteiger partial charge >= 0.3 is 0 Å². The molecule has 0 saturated heterocycles. The number of methoxy groups -OCH3 is 2. The average Bonchev–Trinajstić information content (AvgIpc) is 2.45. The Bertz CT molecular complexity index is 470. The molecule has 4 nitrogen and oxygen atoms in total. The maximum Gasteiger partial charge on any atom is 0.161 e. The Morgan fingerprint density at radius 3 is 2.60 bits per heavy atom. The zero-order valence-electron chi connectivity index (χ0n) is 12.3. The standard InChI is InChI=1S/C16H22O4/c1-4-12-13(10-14(12)17)11-5-6-15(16(9-11)19-3)20-8-7-18-2/h5-6,9,12-13H,4,7-8,10H2,1-3H3. The molecule has 2 atom stereocenters. The topological polar surface area (TPSA) is 44.8 Å². The van der Waals surface area contributed by atoms with Gasteiger partial charge in [-0.25, -0.2) is 0 Å². The molecule has 1 aromatic rings. The highest BCUT2D eigenvalue weighted by atomic mass is 16.5. The highest BCUT2D eigenvalue weighted by molar-refractivity contribution is 5.89. The van der Waals surface area contributed by atoms with E-state index in [1.54, 1.807) is 14.2 Å². The molecule has 4 heteroatoms. The van der Waals surface area contributed by atoms with E-state index in [2.05, 4.69) is 6.92 Å². The van der Waals surface area contributed by atoms with Crippen LogP contribution in [0.3, 0.4) is 0 Å². The zero-order valence-corrected chi connectivity index (χ0v) is 12.3. The van der Waals surface area contributed by atoms with Gasteiger partial charge in [0.25, 0.3) is 0 Å². The molecule has 0 spiro atoms. The highest BCUT2D eigenvalue weighted by Gasteiger charge is 2.39. The predicted molar refractivity (Wildman–Crippen MR) is 76.5 cm³/mol. The van der Waals surface area contributed by atoms with Gasteiger partial charge in [-0.3, -0.25) is 4.79 Å². The van der Waals surface area contributed by atoms with Crippen LogP contribution in [0.4, 0.5) is 0 Å². The SMILES string of the molecule is CCC1C(=O)CC1c1ccc(OCCOC)c(OC)c1. The summed E-state index contributed by atoms with van der Waals surface area (Å²) in [7, 11) is 3.27. The van der Waals surface area contributed by atoms with E-state index >= 15 is 0 Å². The van der Waals surface area contributed by atoms with Gasteiger partial charge < -0.3 is 14.2 Å². The van der Waals surface area contributed by atoms with Gasteiger partial charge in [-0.15, -0.1) is 0 Å². The molecular weight excluding hydrogens is 256 g/mol. The number of rotatable bonds is 7. The van der Waals surface area contributed by atoms with Crippen molar-refractivity contribution in [3.05, 3.63) is 23.8 Å². The van der Waals surface area contributed by atoms with E-state index in [1.165, 1.54) is 0 Å². The van der Waals surface area contributed by atoms with Gasteiger partial charge in [0.15, 0.2) is 11.5 Å². The van der Waals surface area contributed by atoms with Gasteiger partial charge in [-0.1, -0.05) is 13.0 Å². The van der Waals surface area contributed by atoms with Crippen molar-refractivity contribution in [3.63, 3.8) is 0 Å². The molecule has 1 fully saturated rings. The molecule has 20 heavy (non-hydrogen) atoms. The second-order valence-electron chi connectivity index (χ2n) is 5.04. The lowest BCUT2D eigenvalue weighted by molar-refractivity contribution is -0.131. The molecule has 0 heterocycles. The van der Waals surface area contributed by atoms with Crippen LogP contribution < -0.4 is 9.47 Å². The molecule has 2 unspecified atom stereocenters. The number of hydrogen-bond acceptors (Lipinski definition) is 4. The van der Waals surface area contributed by atoms with Crippen LogP contribution in [0.15, 0.2) is 18.2 Å². The molecule has 0 aliphatic heterocycles. The molecule has 110 valence electrons. The molecule has 2 rings (SSSR count). The molecular formula is C16H22O4. The fraction of sp³-hybridized carbons (Fsp3) is 0.562. The zero-order chi connectivity index (χ0) is 14.5. The van der Waals surface area contributed by atoms with Gasteiger partial charge in [0.1, 0.15) is 12.4 Å². The highest BCUT2D eigenvalue weighted by Crippen LogP contribution is 2.43. The fourth-order valence-electron chi connectivity index (χ4n) is 2.71. The van der Waals surface area contributed by atoms with E-state index in [9.17, 15) is 4.79 Å². The van der Waals surface area contributed by atoms with Crippen molar-refractivity contribution in [1.82, 2.24) is 0 Å². The minimum atomic E-state index is 0.167. The van der Waals surface area contributed by atoms with Crippen LogP contribution in [0, 0.1) is 5.92 Å². The molecule has 0 aromatic heterocycles. The Morgan fingerprint density at radius 1 is 1.20 bits per heavy atom. The first-order valence-corrected chi connectivity index (χ1v) is 7.03. The first-order valence-electron chi connectivity index (χ1n) is 7.03. The van der Waals surface area contributed by atoms with Crippen molar-refractivity contribution in [1.29, 1.82) is 0 Å². The Morgan fingerprint density at radius 2 is 2.00 bits per heavy atom. The average molecular weight is 278 g/mol. The Balaban J connectivity index is 2.11. The summed E-state index contributed by atoms with van der Waals surface area (Å²) in [5, 5.41) is 0. The van der Waals surface area contributed by atoms with Gasteiger partial charge in [0.2, 0.25) is 0 Å². The maximum absolute atomic E-state index is 11.6. The maximum atomic E-state index is 11.6. The van der Waals surface area contributed by atoms with E-state index in [0.29, 0.717) is 42.8 Å². The minimum Gasteiger partial charge on any atom is -0.493 e. The van der Waals surface area contributed by atoms with E-state index in [4.69, 9.17) is 14.2 Å². The number of benzene rings is 1. The molecule has 1 aliphatic rings. The molecule has 0 N–H and O–H groups in total. The van der Waals surface area contributed by atoms with Crippen LogP contribution in [0.5, 0.6) is 11.5 Å². The summed E-state index contributed by atoms with van der Waals surface area (Å²) >= 11 is 0. The summed E-state index contributed by atoms with van der Waals surface area (Å²) in [6.07, 6.45) is 1.55. The number of ether oxygens (including phenoxy) is 3. The van der Waals surface area contributed by atoms with Crippen molar-refractivity contribution < 1.29 is 19.0 Å². The third-order valence-electron chi connectivity index (χ3n) is 3.92. The quantitative estimate of drug-likeness (QED) is 0.719. The first-order chi connectivity index (χ1) is 9.71. The molecule has 1 aromatic carbocycles. The largest absolute Gasteiger partial charge is 0.493 e. The molecule has 1 saturated carbocycles. The van der Waals surface area contributed by atoms with Crippen molar-refractivity contribution >= 4 is 5.78 Å². The Kier molecular flexibility index (Phi) is 5.01. The van der Waals surface area contributed by atoms with Gasteiger partial charge in [0, 0.05) is 25.4 Å². The van der Waals surface area contributed by atoms with Crippen LogP contribution in [0.2, 0.25) is 0 Å². The molecule has 0 amide bonds. The minimum absolute atomic E-state index is 0.167. The summed E-state index contributed by atoms with van der Waals surface area (Å²) < 4.78 is 16.0. The summed E-state index contributed by atoms with van der Waals surface area (Å²) in [4.78, 5) is 11.6. The lowest BCUT2D eigenvalue weighted by Crippen LogP contribution is -2.34. The Labute approximate surface area is 120 Å². The van der Waals surface area contributed by atoms with E-state index < -0.39 is 0 Å². The number of hydrogen-bond donors (Lipinski definition) is 0. The van der Waals surface area contributed by atoms with Crippen LogP contribution >= 0.6 is 0 Å². The third-order valence-corrected chi connectivity index (χ3v) is 3.92. The summed E-state index contributed by atoms with van der Waals surface area (Å²) in [6.45, 7) is 3.10. The van der Waals surface area contributed by atoms with Crippen LogP contribution in [-0.4, -0.2) is 33.2 Å². The van der Waals surface area contributed by atoms with Crippen LogP contribution in [0.1, 0.15) is 31.2 Å². The number of Topliss-reactive ketones (excluding diaryl/α,β-unsaturated/α-hetero) is 1. The number of carbonyl (C=O) groups is 1. The summed E-state index contributed by atoms with van der Waals surface area (Å²) in [6, 6.07) is 5.94. The predicted octanol–water partition coefficient (Wildman–Crippen LogP) is 2.80. The van der Waals surface area contributed by atoms with E-state index in [0.717, 1.165) is 12.0 Å². The van der Waals surface area contributed by atoms with Crippen molar-refractivity contribution in [3.8, 4) is 11.5 Å². The van der Waals surface area contributed by atoms with Gasteiger partial charge in [-0.05, 0) is 24.1 Å². The lowest BCUT2D eigenvalue weighted by atomic mass is 9.68. The molecule has 1 aliphatic carbocycles. The second kappa shape index (κ2) is 6.75. The summed E-state index contributed by atoms with van der Waals surface area (Å²) in [5.41, 5.74) is 1.16. The van der Waals surface area contributed by atoms with Gasteiger partial charge in [-0.2, -0.15) is 0 Å². The van der Waals surface area contributed by atoms with E-state index in [1.807, 2.05) is 18.2 Å². The van der Waals surface area contributed by atoms with Gasteiger partial charge in [0.05, 0.1) is 13.7 Å². The van der Waals surface area contributed by atoms with Crippen LogP contribution in [0.25, 0.3) is 0 Å². The van der Waals surface area contributed by atoms with E-state index in [-0.39, 0.29) is 5.92 Å². The second-order valence-corrected chi connectivity index (χ2v) is 5.04. The normalized spacial score (nSPS) is 21.4. The van der Waals surface area contributed by atoms with Crippen molar-refractivity contribution in [2.75, 3.05) is 27.4 Å². The lowest BCUT2D eigenvalue weighted by Gasteiger charge is -2.35. The first kappa shape index (κ1) is 14.9. The summed E-state index contributed by atoms with van der Waals surface area (Å²) in [5.74, 6) is 2.30. The monoisotopic (exact) mass is 278 g/mol. The van der Waals surface area contributed by atoms with Crippen LogP contribution in [-0.2, 0) is 9.53 Å².